The van der Waals surface area contributed by atoms with Crippen molar-refractivity contribution in [3.63, 3.8) is 0 Å². The van der Waals surface area contributed by atoms with E-state index in [4.69, 9.17) is 0 Å². The molecule has 0 bridgehead atoms. The molecular weight excluding hydrogens is 282 g/mol. The minimum atomic E-state index is 0.249. The highest BCUT2D eigenvalue weighted by atomic mass is 16.1. The van der Waals surface area contributed by atoms with Gasteiger partial charge < -0.3 is 5.32 Å². The van der Waals surface area contributed by atoms with E-state index in [9.17, 15) is 4.79 Å². The number of fused-ring (bicyclic) bond motifs is 3. The van der Waals surface area contributed by atoms with Crippen LogP contribution in [-0.2, 0) is 0 Å². The van der Waals surface area contributed by atoms with Crippen LogP contribution < -0.4 is 5.32 Å². The lowest BCUT2D eigenvalue weighted by atomic mass is 9.94. The molecule has 1 aliphatic rings. The van der Waals surface area contributed by atoms with E-state index >= 15 is 0 Å². The highest BCUT2D eigenvalue weighted by Crippen LogP contribution is 2.26. The molecule has 0 aliphatic carbocycles. The van der Waals surface area contributed by atoms with Crippen LogP contribution in [0.1, 0.15) is 36.0 Å². The zero-order valence-corrected chi connectivity index (χ0v) is 13.2. The molecule has 1 fully saturated rings. The van der Waals surface area contributed by atoms with Crippen molar-refractivity contribution in [3.05, 3.63) is 60.2 Å². The highest BCUT2D eigenvalue weighted by Gasteiger charge is 2.17. The van der Waals surface area contributed by atoms with Gasteiger partial charge in [-0.25, -0.2) is 0 Å². The molecule has 1 N–H and O–H groups in total. The first kappa shape index (κ1) is 14.4. The largest absolute Gasteiger partial charge is 0.314 e. The molecule has 116 valence electrons. The topological polar surface area (TPSA) is 29.1 Å². The number of rotatable bonds is 3. The number of ketones is 1. The SMILES string of the molecule is O=C(CC1CCCCN1)c1ccc2c(ccc3ccccc32)c1. The molecule has 1 unspecified atom stereocenters. The Balaban J connectivity index is 1.65. The predicted molar refractivity (Wildman–Crippen MR) is 96.0 cm³/mol. The summed E-state index contributed by atoms with van der Waals surface area (Å²) in [5.74, 6) is 0.249. The Hall–Kier alpha value is -2.19. The van der Waals surface area contributed by atoms with E-state index in [2.05, 4.69) is 47.8 Å². The van der Waals surface area contributed by atoms with E-state index in [1.807, 2.05) is 12.1 Å². The number of carbonyl (C=O) groups is 1. The molecule has 0 spiro atoms. The second-order valence-corrected chi connectivity index (χ2v) is 6.50. The third-order valence-corrected chi connectivity index (χ3v) is 4.91. The average molecular weight is 303 g/mol. The zero-order valence-electron chi connectivity index (χ0n) is 13.2. The first-order valence-electron chi connectivity index (χ1n) is 8.49. The van der Waals surface area contributed by atoms with Crippen LogP contribution in [0.25, 0.3) is 21.5 Å². The summed E-state index contributed by atoms with van der Waals surface area (Å²) in [6, 6.07) is 19.1. The van der Waals surface area contributed by atoms with Crippen LogP contribution in [0, 0.1) is 0 Å². The minimum absolute atomic E-state index is 0.249. The summed E-state index contributed by atoms with van der Waals surface area (Å²) in [7, 11) is 0. The van der Waals surface area contributed by atoms with Crippen LogP contribution in [-0.4, -0.2) is 18.4 Å². The summed E-state index contributed by atoms with van der Waals surface area (Å²) < 4.78 is 0. The predicted octanol–water partition coefficient (Wildman–Crippen LogP) is 4.71. The van der Waals surface area contributed by atoms with Crippen molar-refractivity contribution < 1.29 is 4.79 Å². The molecule has 3 aromatic carbocycles. The van der Waals surface area contributed by atoms with E-state index in [1.165, 1.54) is 29.0 Å². The van der Waals surface area contributed by atoms with Crippen molar-refractivity contribution in [2.24, 2.45) is 0 Å². The number of nitrogens with one attached hydrogen (secondary N) is 1. The summed E-state index contributed by atoms with van der Waals surface area (Å²) in [6.07, 6.45) is 4.19. The van der Waals surface area contributed by atoms with E-state index in [0.29, 0.717) is 12.5 Å². The second kappa shape index (κ2) is 6.13. The fourth-order valence-corrected chi connectivity index (χ4v) is 3.63. The van der Waals surface area contributed by atoms with Crippen LogP contribution in [0.4, 0.5) is 0 Å². The lowest BCUT2D eigenvalue weighted by molar-refractivity contribution is 0.0964. The average Bonchev–Trinajstić information content (AvgIpc) is 2.62. The molecule has 4 rings (SSSR count). The van der Waals surface area contributed by atoms with Gasteiger partial charge in [-0.05, 0) is 47.0 Å². The molecule has 1 heterocycles. The Morgan fingerprint density at radius 3 is 2.65 bits per heavy atom. The van der Waals surface area contributed by atoms with Crippen molar-refractivity contribution in [2.45, 2.75) is 31.7 Å². The lowest BCUT2D eigenvalue weighted by Gasteiger charge is -2.22. The molecule has 3 aromatic rings. The Morgan fingerprint density at radius 2 is 1.78 bits per heavy atom. The Morgan fingerprint density at radius 1 is 0.957 bits per heavy atom. The number of Topliss-reactive ketones (excluding diaryl/α,β-unsaturated/α-hetero) is 1. The molecule has 1 aliphatic heterocycles. The van der Waals surface area contributed by atoms with Crippen molar-refractivity contribution in [1.82, 2.24) is 5.32 Å². The zero-order chi connectivity index (χ0) is 15.6. The molecule has 23 heavy (non-hydrogen) atoms. The van der Waals surface area contributed by atoms with Crippen LogP contribution in [0.3, 0.4) is 0 Å². The van der Waals surface area contributed by atoms with Gasteiger partial charge in [-0.3, -0.25) is 4.79 Å². The maximum Gasteiger partial charge on any atom is 0.164 e. The maximum atomic E-state index is 12.6. The van der Waals surface area contributed by atoms with Gasteiger partial charge in [0.25, 0.3) is 0 Å². The van der Waals surface area contributed by atoms with Gasteiger partial charge in [-0.1, -0.05) is 55.0 Å². The van der Waals surface area contributed by atoms with Gasteiger partial charge in [0.1, 0.15) is 0 Å². The fraction of sp³-hybridized carbons (Fsp3) is 0.286. The van der Waals surface area contributed by atoms with E-state index < -0.39 is 0 Å². The number of hydrogen-bond acceptors (Lipinski definition) is 2. The number of benzene rings is 3. The van der Waals surface area contributed by atoms with Gasteiger partial charge in [0.15, 0.2) is 5.78 Å². The summed E-state index contributed by atoms with van der Waals surface area (Å²) in [6.45, 7) is 1.04. The van der Waals surface area contributed by atoms with Gasteiger partial charge in [0, 0.05) is 18.0 Å². The second-order valence-electron chi connectivity index (χ2n) is 6.50. The highest BCUT2D eigenvalue weighted by molar-refractivity contribution is 6.09. The third-order valence-electron chi connectivity index (χ3n) is 4.91. The summed E-state index contributed by atoms with van der Waals surface area (Å²) in [5.41, 5.74) is 0.833. The third kappa shape index (κ3) is 2.87. The smallest absolute Gasteiger partial charge is 0.164 e. The molecule has 0 saturated carbocycles. The first-order chi connectivity index (χ1) is 11.3. The Labute approximate surface area is 136 Å². The quantitative estimate of drug-likeness (QED) is 0.561. The molecule has 1 saturated heterocycles. The minimum Gasteiger partial charge on any atom is -0.314 e. The maximum absolute atomic E-state index is 12.6. The van der Waals surface area contributed by atoms with Gasteiger partial charge in [0.05, 0.1) is 0 Å². The normalized spacial score (nSPS) is 18.3. The van der Waals surface area contributed by atoms with Crippen LogP contribution in [0.2, 0.25) is 0 Å². The van der Waals surface area contributed by atoms with Crippen molar-refractivity contribution in [3.8, 4) is 0 Å². The molecule has 0 amide bonds. The number of piperidine rings is 1. The first-order valence-corrected chi connectivity index (χ1v) is 8.49. The van der Waals surface area contributed by atoms with Crippen LogP contribution >= 0.6 is 0 Å². The van der Waals surface area contributed by atoms with Crippen molar-refractivity contribution in [1.29, 1.82) is 0 Å². The Bertz CT molecular complexity index is 862. The van der Waals surface area contributed by atoms with E-state index in [1.54, 1.807) is 0 Å². The summed E-state index contributed by atoms with van der Waals surface area (Å²) in [4.78, 5) is 12.6. The van der Waals surface area contributed by atoms with E-state index in [0.717, 1.165) is 23.9 Å². The Kier molecular flexibility index (Phi) is 3.84. The molecule has 0 aromatic heterocycles. The lowest BCUT2D eigenvalue weighted by Crippen LogP contribution is -2.35. The molecular formula is C21H21NO. The molecule has 0 radical (unpaired) electrons. The van der Waals surface area contributed by atoms with Crippen molar-refractivity contribution >= 4 is 27.3 Å². The summed E-state index contributed by atoms with van der Waals surface area (Å²) >= 11 is 0. The monoisotopic (exact) mass is 303 g/mol. The molecule has 1 atom stereocenters. The summed E-state index contributed by atoms with van der Waals surface area (Å²) in [5, 5.41) is 8.31. The number of carbonyl (C=O) groups excluding carboxylic acids is 1. The van der Waals surface area contributed by atoms with Gasteiger partial charge in [0.2, 0.25) is 0 Å². The van der Waals surface area contributed by atoms with Gasteiger partial charge in [-0.15, -0.1) is 0 Å². The fourth-order valence-electron chi connectivity index (χ4n) is 3.63. The molecule has 2 heteroatoms. The van der Waals surface area contributed by atoms with E-state index in [-0.39, 0.29) is 5.78 Å². The molecule has 2 nitrogen and oxygen atoms in total. The van der Waals surface area contributed by atoms with Crippen LogP contribution in [0.5, 0.6) is 0 Å². The van der Waals surface area contributed by atoms with Gasteiger partial charge >= 0.3 is 0 Å². The van der Waals surface area contributed by atoms with Crippen LogP contribution in [0.15, 0.2) is 54.6 Å². The van der Waals surface area contributed by atoms with Crippen molar-refractivity contribution in [2.75, 3.05) is 6.54 Å². The number of hydrogen-bond donors (Lipinski definition) is 1. The van der Waals surface area contributed by atoms with Gasteiger partial charge in [-0.2, -0.15) is 0 Å². The standard InChI is InChI=1S/C21H21NO/c23-21(14-18-6-3-4-12-22-18)17-10-11-20-16(13-17)9-8-15-5-1-2-7-19(15)20/h1-2,5,7-11,13,18,22H,3-4,6,12,14H2.